The molecule has 0 aliphatic carbocycles. The summed E-state index contributed by atoms with van der Waals surface area (Å²) in [6, 6.07) is 1.79. The minimum atomic E-state index is -3.23. The van der Waals surface area contributed by atoms with Crippen molar-refractivity contribution in [3.8, 4) is 0 Å². The Balaban J connectivity index is 2.04. The highest BCUT2D eigenvalue weighted by Crippen LogP contribution is 2.20. The van der Waals surface area contributed by atoms with Crippen LogP contribution in [0.5, 0.6) is 0 Å². The van der Waals surface area contributed by atoms with Gasteiger partial charge in [-0.15, -0.1) is 0 Å². The summed E-state index contributed by atoms with van der Waals surface area (Å²) in [5, 5.41) is 6.97. The van der Waals surface area contributed by atoms with Gasteiger partial charge in [0.2, 0.25) is 15.9 Å². The van der Waals surface area contributed by atoms with Crippen LogP contribution in [0.25, 0.3) is 0 Å². The second-order valence-electron chi connectivity index (χ2n) is 5.24. The van der Waals surface area contributed by atoms with Gasteiger partial charge in [-0.25, -0.2) is 12.7 Å². The Kier molecular flexibility index (Phi) is 4.14. The summed E-state index contributed by atoms with van der Waals surface area (Å²) in [6.07, 6.45) is 2.59. The van der Waals surface area contributed by atoms with Crippen molar-refractivity contribution in [2.75, 3.05) is 24.7 Å². The smallest absolute Gasteiger partial charge is 0.229 e. The van der Waals surface area contributed by atoms with Crippen molar-refractivity contribution in [2.45, 2.75) is 19.8 Å². The molecule has 20 heavy (non-hydrogen) atoms. The van der Waals surface area contributed by atoms with Gasteiger partial charge in [0.1, 0.15) is 5.82 Å². The van der Waals surface area contributed by atoms with E-state index in [0.717, 1.165) is 5.69 Å². The molecule has 0 radical (unpaired) electrons. The number of nitrogens with zero attached hydrogens (tertiary/aromatic N) is 3. The topological polar surface area (TPSA) is 84.3 Å². The lowest BCUT2D eigenvalue weighted by atomic mass is 9.99. The summed E-state index contributed by atoms with van der Waals surface area (Å²) in [5.74, 6) is 0.166. The molecule has 0 spiro atoms. The van der Waals surface area contributed by atoms with E-state index >= 15 is 0 Å². The molecule has 1 amide bonds. The van der Waals surface area contributed by atoms with Crippen LogP contribution in [-0.2, 0) is 21.9 Å². The number of amides is 1. The van der Waals surface area contributed by atoms with Crippen molar-refractivity contribution < 1.29 is 13.2 Å². The number of sulfonamides is 1. The Hall–Kier alpha value is -1.41. The molecule has 7 nitrogen and oxygen atoms in total. The number of rotatable bonds is 3. The van der Waals surface area contributed by atoms with Crippen molar-refractivity contribution in [3.63, 3.8) is 0 Å². The molecule has 0 saturated carbocycles. The number of hydrogen-bond acceptors (Lipinski definition) is 4. The largest absolute Gasteiger partial charge is 0.311 e. The molecule has 1 aliphatic heterocycles. The van der Waals surface area contributed by atoms with Crippen LogP contribution < -0.4 is 5.32 Å². The van der Waals surface area contributed by atoms with Crippen LogP contribution in [0.4, 0.5) is 5.82 Å². The van der Waals surface area contributed by atoms with E-state index in [-0.39, 0.29) is 18.4 Å². The van der Waals surface area contributed by atoms with E-state index in [2.05, 4.69) is 10.4 Å². The first kappa shape index (κ1) is 15.0. The fourth-order valence-corrected chi connectivity index (χ4v) is 3.33. The minimum absolute atomic E-state index is 0.152. The lowest BCUT2D eigenvalue weighted by Crippen LogP contribution is -2.43. The van der Waals surface area contributed by atoms with Crippen molar-refractivity contribution in [1.82, 2.24) is 14.1 Å². The van der Waals surface area contributed by atoms with E-state index in [0.29, 0.717) is 25.2 Å². The average Bonchev–Trinajstić information content (AvgIpc) is 2.67. The molecule has 8 heteroatoms. The Labute approximate surface area is 119 Å². The molecule has 1 unspecified atom stereocenters. The van der Waals surface area contributed by atoms with Crippen LogP contribution in [0, 0.1) is 12.8 Å². The van der Waals surface area contributed by atoms with E-state index in [1.807, 2.05) is 6.92 Å². The molecular formula is C12H20N4O3S. The molecule has 1 saturated heterocycles. The lowest BCUT2D eigenvalue weighted by molar-refractivity contribution is -0.120. The van der Waals surface area contributed by atoms with E-state index < -0.39 is 10.0 Å². The summed E-state index contributed by atoms with van der Waals surface area (Å²) in [5.41, 5.74) is 0.823. The van der Waals surface area contributed by atoms with Crippen molar-refractivity contribution in [1.29, 1.82) is 0 Å². The monoisotopic (exact) mass is 300 g/mol. The molecule has 1 aromatic heterocycles. The first-order valence-electron chi connectivity index (χ1n) is 6.54. The first-order chi connectivity index (χ1) is 9.27. The van der Waals surface area contributed by atoms with Crippen LogP contribution in [0.15, 0.2) is 6.07 Å². The number of hydrogen-bond donors (Lipinski definition) is 1. The maximum absolute atomic E-state index is 12.2. The van der Waals surface area contributed by atoms with Crippen LogP contribution in [-0.4, -0.2) is 47.8 Å². The molecule has 0 aromatic carbocycles. The van der Waals surface area contributed by atoms with Gasteiger partial charge in [0.05, 0.1) is 17.9 Å². The summed E-state index contributed by atoms with van der Waals surface area (Å²) in [4.78, 5) is 12.2. The Morgan fingerprint density at radius 3 is 2.75 bits per heavy atom. The molecule has 1 aromatic rings. The SMILES string of the molecule is Cc1cc(NC(=O)C2CCCN(S(C)(=O)=O)C2)n(C)n1. The van der Waals surface area contributed by atoms with Crippen molar-refractivity contribution in [3.05, 3.63) is 11.8 Å². The predicted octanol–water partition coefficient (Wildman–Crippen LogP) is 0.339. The molecule has 0 bridgehead atoms. The van der Waals surface area contributed by atoms with Gasteiger partial charge in [0.25, 0.3) is 0 Å². The number of piperidine rings is 1. The quantitative estimate of drug-likeness (QED) is 0.872. The molecule has 1 aliphatic rings. The summed E-state index contributed by atoms with van der Waals surface area (Å²) in [7, 11) is -1.48. The highest BCUT2D eigenvalue weighted by Gasteiger charge is 2.30. The number of carbonyl (C=O) groups is 1. The average molecular weight is 300 g/mol. The molecule has 1 N–H and O–H groups in total. The van der Waals surface area contributed by atoms with E-state index in [1.54, 1.807) is 17.8 Å². The standard InChI is InChI=1S/C12H20N4O3S/c1-9-7-11(15(2)14-9)13-12(17)10-5-4-6-16(8-10)20(3,18)19/h7,10H,4-6,8H2,1-3H3,(H,13,17). The van der Waals surface area contributed by atoms with Crippen molar-refractivity contribution >= 4 is 21.7 Å². The number of anilines is 1. The third kappa shape index (κ3) is 3.37. The van der Waals surface area contributed by atoms with Crippen LogP contribution in [0.1, 0.15) is 18.5 Å². The Morgan fingerprint density at radius 1 is 1.50 bits per heavy atom. The predicted molar refractivity (Wildman–Crippen MR) is 75.7 cm³/mol. The molecule has 112 valence electrons. The normalized spacial score (nSPS) is 20.9. The second kappa shape index (κ2) is 5.53. The van der Waals surface area contributed by atoms with Crippen LogP contribution in [0.3, 0.4) is 0 Å². The third-order valence-electron chi connectivity index (χ3n) is 3.48. The number of nitrogens with one attached hydrogen (secondary N) is 1. The second-order valence-corrected chi connectivity index (χ2v) is 7.23. The fourth-order valence-electron chi connectivity index (χ4n) is 2.41. The highest BCUT2D eigenvalue weighted by molar-refractivity contribution is 7.88. The van der Waals surface area contributed by atoms with Gasteiger partial charge in [-0.2, -0.15) is 5.10 Å². The summed E-state index contributed by atoms with van der Waals surface area (Å²) < 4.78 is 26.1. The number of carbonyl (C=O) groups excluding carboxylic acids is 1. The van der Waals surface area contributed by atoms with Gasteiger partial charge >= 0.3 is 0 Å². The van der Waals surface area contributed by atoms with Gasteiger partial charge in [-0.05, 0) is 19.8 Å². The summed E-state index contributed by atoms with van der Waals surface area (Å²) >= 11 is 0. The zero-order valence-electron chi connectivity index (χ0n) is 12.0. The lowest BCUT2D eigenvalue weighted by Gasteiger charge is -2.30. The van der Waals surface area contributed by atoms with Crippen LogP contribution in [0.2, 0.25) is 0 Å². The van der Waals surface area contributed by atoms with Gasteiger partial charge < -0.3 is 5.32 Å². The Morgan fingerprint density at radius 2 is 2.20 bits per heavy atom. The molecular weight excluding hydrogens is 280 g/mol. The van der Waals surface area contributed by atoms with Gasteiger partial charge in [0, 0.05) is 26.2 Å². The molecule has 2 heterocycles. The summed E-state index contributed by atoms with van der Waals surface area (Å²) in [6.45, 7) is 2.59. The van der Waals surface area contributed by atoms with Crippen molar-refractivity contribution in [2.24, 2.45) is 13.0 Å². The third-order valence-corrected chi connectivity index (χ3v) is 4.75. The van der Waals surface area contributed by atoms with Gasteiger partial charge in [-0.3, -0.25) is 9.48 Å². The maximum Gasteiger partial charge on any atom is 0.229 e. The van der Waals surface area contributed by atoms with E-state index in [4.69, 9.17) is 0 Å². The van der Waals surface area contributed by atoms with E-state index in [9.17, 15) is 13.2 Å². The zero-order chi connectivity index (χ0) is 14.9. The maximum atomic E-state index is 12.2. The molecule has 1 fully saturated rings. The number of aromatic nitrogens is 2. The van der Waals surface area contributed by atoms with E-state index in [1.165, 1.54) is 10.6 Å². The first-order valence-corrected chi connectivity index (χ1v) is 8.39. The van der Waals surface area contributed by atoms with Crippen LogP contribution >= 0.6 is 0 Å². The fraction of sp³-hybridized carbons (Fsp3) is 0.667. The Bertz CT molecular complexity index is 608. The number of aryl methyl sites for hydroxylation is 2. The zero-order valence-corrected chi connectivity index (χ0v) is 12.8. The molecule has 2 rings (SSSR count). The van der Waals surface area contributed by atoms with Gasteiger partial charge in [0.15, 0.2) is 0 Å². The van der Waals surface area contributed by atoms with Gasteiger partial charge in [-0.1, -0.05) is 0 Å². The highest BCUT2D eigenvalue weighted by atomic mass is 32.2. The minimum Gasteiger partial charge on any atom is -0.311 e. The molecule has 1 atom stereocenters.